The van der Waals surface area contributed by atoms with Gasteiger partial charge in [-0.3, -0.25) is 0 Å². The second-order valence-electron chi connectivity index (χ2n) is 2.45. The molecule has 0 aliphatic heterocycles. The smallest absolute Gasteiger partial charge is 0.123 e. The van der Waals surface area contributed by atoms with Crippen molar-refractivity contribution in [2.75, 3.05) is 0 Å². The van der Waals surface area contributed by atoms with E-state index in [-0.39, 0.29) is 21.1 Å². The van der Waals surface area contributed by atoms with Crippen molar-refractivity contribution in [2.24, 2.45) is 5.92 Å². The molecule has 1 unspecified atom stereocenters. The third-order valence-corrected chi connectivity index (χ3v) is 1.65. The summed E-state index contributed by atoms with van der Waals surface area (Å²) in [6.45, 7) is 4.21. The molecule has 0 saturated carbocycles. The van der Waals surface area contributed by atoms with Crippen LogP contribution in [0.2, 0.25) is 0 Å². The van der Waals surface area contributed by atoms with Gasteiger partial charge in [0.25, 0.3) is 0 Å². The molecule has 0 aromatic heterocycles. The molecule has 1 atom stereocenters. The molecule has 0 fully saturated rings. The zero-order valence-corrected chi connectivity index (χ0v) is 8.81. The molecule has 0 N–H and O–H groups in total. The number of hydrogen-bond acceptors (Lipinski definition) is 1. The average molecular weight is 224 g/mol. The van der Waals surface area contributed by atoms with E-state index in [1.165, 1.54) is 12.8 Å². The second kappa shape index (κ2) is 9.36. The van der Waals surface area contributed by atoms with Crippen LogP contribution >= 0.6 is 0 Å². The molecular weight excluding hydrogens is 208 g/mol. The molecule has 0 aromatic carbocycles. The zero-order valence-electron chi connectivity index (χ0n) is 6.80. The Morgan fingerprint density at radius 2 is 2.00 bits per heavy atom. The summed E-state index contributed by atoms with van der Waals surface area (Å²) in [4.78, 5) is 10.2. The van der Waals surface area contributed by atoms with Gasteiger partial charge in [0.05, 0.1) is 0 Å². The molecule has 0 aliphatic rings. The van der Waals surface area contributed by atoms with Gasteiger partial charge in [-0.05, 0) is 12.8 Å². The van der Waals surface area contributed by atoms with Gasteiger partial charge >= 0.3 is 0 Å². The van der Waals surface area contributed by atoms with E-state index in [2.05, 4.69) is 13.8 Å². The molecule has 2 heteroatoms. The van der Waals surface area contributed by atoms with Gasteiger partial charge in [0.2, 0.25) is 0 Å². The minimum absolute atomic E-state index is 0. The third kappa shape index (κ3) is 6.48. The molecular formula is C8H16MoO. The predicted molar refractivity (Wildman–Crippen MR) is 39.4 cm³/mol. The molecule has 10 heavy (non-hydrogen) atoms. The first-order valence-electron chi connectivity index (χ1n) is 3.80. The van der Waals surface area contributed by atoms with Crippen LogP contribution in [-0.4, -0.2) is 6.29 Å². The van der Waals surface area contributed by atoms with Gasteiger partial charge in [-0.15, -0.1) is 0 Å². The maximum Gasteiger partial charge on any atom is 0.123 e. The number of aldehydes is 1. The molecule has 0 amide bonds. The molecule has 0 bridgehead atoms. The Morgan fingerprint density at radius 1 is 1.40 bits per heavy atom. The normalized spacial score (nSPS) is 11.8. The molecule has 60 valence electrons. The topological polar surface area (TPSA) is 17.1 Å². The Morgan fingerprint density at radius 3 is 2.30 bits per heavy atom. The van der Waals surface area contributed by atoms with Crippen molar-refractivity contribution in [3.8, 4) is 0 Å². The van der Waals surface area contributed by atoms with E-state index in [1.54, 1.807) is 0 Å². The maximum atomic E-state index is 10.2. The third-order valence-electron chi connectivity index (χ3n) is 1.65. The molecule has 0 rings (SSSR count). The Hall–Kier alpha value is 0.358. The van der Waals surface area contributed by atoms with Crippen LogP contribution in [0.25, 0.3) is 0 Å². The van der Waals surface area contributed by atoms with Crippen molar-refractivity contribution >= 4 is 6.29 Å². The van der Waals surface area contributed by atoms with E-state index in [1.807, 2.05) is 0 Å². The van der Waals surface area contributed by atoms with Crippen LogP contribution in [0.4, 0.5) is 0 Å². The first-order chi connectivity index (χ1) is 4.35. The van der Waals surface area contributed by atoms with E-state index < -0.39 is 0 Å². The van der Waals surface area contributed by atoms with Crippen molar-refractivity contribution in [1.29, 1.82) is 0 Å². The quantitative estimate of drug-likeness (QED) is 0.517. The number of carbonyl (C=O) groups excluding carboxylic acids is 1. The summed E-state index contributed by atoms with van der Waals surface area (Å²) in [6.07, 6.45) is 5.55. The van der Waals surface area contributed by atoms with Gasteiger partial charge in [-0.1, -0.05) is 26.7 Å². The van der Waals surface area contributed by atoms with Crippen LogP contribution in [-0.2, 0) is 25.9 Å². The Kier molecular flexibility index (Phi) is 12.2. The number of unbranched alkanes of at least 4 members (excludes halogenated alkanes) is 1. The van der Waals surface area contributed by atoms with Gasteiger partial charge in [0.1, 0.15) is 6.29 Å². The fourth-order valence-corrected chi connectivity index (χ4v) is 0.835. The van der Waals surface area contributed by atoms with Crippen molar-refractivity contribution in [1.82, 2.24) is 0 Å². The van der Waals surface area contributed by atoms with Crippen LogP contribution in [0.1, 0.15) is 39.5 Å². The van der Waals surface area contributed by atoms with Gasteiger partial charge in [0.15, 0.2) is 0 Å². The van der Waals surface area contributed by atoms with Gasteiger partial charge in [-0.25, -0.2) is 0 Å². The van der Waals surface area contributed by atoms with E-state index in [0.29, 0.717) is 5.92 Å². The molecule has 0 spiro atoms. The molecule has 0 radical (unpaired) electrons. The van der Waals surface area contributed by atoms with Gasteiger partial charge < -0.3 is 4.79 Å². The first kappa shape index (κ1) is 13.0. The molecule has 1 nitrogen and oxygen atoms in total. The number of rotatable bonds is 5. The van der Waals surface area contributed by atoms with Gasteiger partial charge in [0, 0.05) is 27.0 Å². The molecule has 0 heterocycles. The standard InChI is InChI=1S/C8H16O.Mo/c1-3-5-6-8(4-2)7-9;/h7-8H,3-6H2,1-2H3;. The summed E-state index contributed by atoms with van der Waals surface area (Å²) < 4.78 is 0. The fraction of sp³-hybridized carbons (Fsp3) is 0.875. The van der Waals surface area contributed by atoms with Crippen molar-refractivity contribution < 1.29 is 25.9 Å². The largest absolute Gasteiger partial charge is 0.303 e. The van der Waals surface area contributed by atoms with Crippen LogP contribution < -0.4 is 0 Å². The van der Waals surface area contributed by atoms with E-state index in [4.69, 9.17) is 0 Å². The minimum atomic E-state index is 0. The summed E-state index contributed by atoms with van der Waals surface area (Å²) in [5.41, 5.74) is 0. The van der Waals surface area contributed by atoms with Gasteiger partial charge in [-0.2, -0.15) is 0 Å². The minimum Gasteiger partial charge on any atom is -0.303 e. The summed E-state index contributed by atoms with van der Waals surface area (Å²) in [5, 5.41) is 0. The number of carbonyl (C=O) groups is 1. The monoisotopic (exact) mass is 226 g/mol. The summed E-state index contributed by atoms with van der Waals surface area (Å²) in [7, 11) is 0. The van der Waals surface area contributed by atoms with E-state index >= 15 is 0 Å². The average Bonchev–Trinajstić information content (AvgIpc) is 1.91. The van der Waals surface area contributed by atoms with E-state index in [9.17, 15) is 4.79 Å². The predicted octanol–water partition coefficient (Wildman–Crippen LogP) is 2.40. The Balaban J connectivity index is 0. The van der Waals surface area contributed by atoms with Crippen LogP contribution in [0.3, 0.4) is 0 Å². The van der Waals surface area contributed by atoms with Crippen molar-refractivity contribution in [3.63, 3.8) is 0 Å². The number of hydrogen-bond donors (Lipinski definition) is 0. The van der Waals surface area contributed by atoms with Crippen LogP contribution in [0.5, 0.6) is 0 Å². The molecule has 0 aromatic rings. The van der Waals surface area contributed by atoms with Crippen molar-refractivity contribution in [2.45, 2.75) is 39.5 Å². The van der Waals surface area contributed by atoms with E-state index in [0.717, 1.165) is 19.1 Å². The molecule has 0 aliphatic carbocycles. The Labute approximate surface area is 77.8 Å². The van der Waals surface area contributed by atoms with Crippen molar-refractivity contribution in [3.05, 3.63) is 0 Å². The zero-order chi connectivity index (χ0) is 7.11. The van der Waals surface area contributed by atoms with Crippen LogP contribution in [0.15, 0.2) is 0 Å². The summed E-state index contributed by atoms with van der Waals surface area (Å²) in [6, 6.07) is 0. The molecule has 0 saturated heterocycles. The fourth-order valence-electron chi connectivity index (χ4n) is 0.835. The first-order valence-corrected chi connectivity index (χ1v) is 3.80. The summed E-state index contributed by atoms with van der Waals surface area (Å²) >= 11 is 0. The SMILES string of the molecule is CCCCC(C=O)CC.[Mo]. The summed E-state index contributed by atoms with van der Waals surface area (Å²) in [5.74, 6) is 0.324. The maximum absolute atomic E-state index is 10.2. The Bertz CT molecular complexity index is 73.7. The van der Waals surface area contributed by atoms with Crippen LogP contribution in [0, 0.1) is 5.92 Å². The second-order valence-corrected chi connectivity index (χ2v) is 2.45.